The first kappa shape index (κ1) is 13.2. The Morgan fingerprint density at radius 1 is 1.44 bits per heavy atom. The fraction of sp³-hybridized carbons (Fsp3) is 0.500. The van der Waals surface area contributed by atoms with E-state index in [2.05, 4.69) is 16.5 Å². The summed E-state index contributed by atoms with van der Waals surface area (Å²) in [6, 6.07) is 5.42. The molecule has 5 nitrogen and oxygen atoms in total. The number of nitrogens with zero attached hydrogens (tertiary/aromatic N) is 1. The zero-order valence-corrected chi connectivity index (χ0v) is 11.5. The highest BCUT2D eigenvalue weighted by Crippen LogP contribution is 2.32. The lowest BCUT2D eigenvalue weighted by Gasteiger charge is -2.26. The standard InChI is InChI=1S/C12H19N3O2S/c1-9-4-3-7-15(9)11-6-5-10(13)8-12(11)18(16,17)14-2/h5-6,8-9,14H,3-4,7,13H2,1-2H3. The van der Waals surface area contributed by atoms with E-state index in [1.54, 1.807) is 12.1 Å². The zero-order chi connectivity index (χ0) is 13.3. The fourth-order valence-corrected chi connectivity index (χ4v) is 3.36. The van der Waals surface area contributed by atoms with Crippen LogP contribution in [0.5, 0.6) is 0 Å². The van der Waals surface area contributed by atoms with Crippen molar-refractivity contribution in [2.45, 2.75) is 30.7 Å². The molecule has 0 aromatic heterocycles. The molecule has 0 spiro atoms. The Morgan fingerprint density at radius 3 is 2.72 bits per heavy atom. The number of sulfonamides is 1. The molecule has 0 radical (unpaired) electrons. The molecule has 0 bridgehead atoms. The molecule has 0 saturated carbocycles. The second-order valence-corrected chi connectivity index (χ2v) is 6.47. The van der Waals surface area contributed by atoms with Crippen LogP contribution in [0, 0.1) is 0 Å². The van der Waals surface area contributed by atoms with Gasteiger partial charge in [-0.1, -0.05) is 0 Å². The van der Waals surface area contributed by atoms with E-state index < -0.39 is 10.0 Å². The fourth-order valence-electron chi connectivity index (χ4n) is 2.38. The van der Waals surface area contributed by atoms with Gasteiger partial charge in [0.25, 0.3) is 0 Å². The third kappa shape index (κ3) is 2.30. The van der Waals surface area contributed by atoms with Crippen molar-refractivity contribution in [2.75, 3.05) is 24.2 Å². The average Bonchev–Trinajstić information content (AvgIpc) is 2.75. The molecule has 1 atom stereocenters. The lowest BCUT2D eigenvalue weighted by Crippen LogP contribution is -2.29. The van der Waals surface area contributed by atoms with Gasteiger partial charge in [-0.05, 0) is 45.0 Å². The van der Waals surface area contributed by atoms with Gasteiger partial charge >= 0.3 is 0 Å². The van der Waals surface area contributed by atoms with Crippen LogP contribution in [0.25, 0.3) is 0 Å². The SMILES string of the molecule is CNS(=O)(=O)c1cc(N)ccc1N1CCCC1C. The van der Waals surface area contributed by atoms with E-state index >= 15 is 0 Å². The lowest BCUT2D eigenvalue weighted by atomic mass is 10.2. The van der Waals surface area contributed by atoms with Crippen molar-refractivity contribution in [1.29, 1.82) is 0 Å². The molecule has 1 aliphatic rings. The topological polar surface area (TPSA) is 75.4 Å². The van der Waals surface area contributed by atoms with E-state index in [-0.39, 0.29) is 4.90 Å². The van der Waals surface area contributed by atoms with Crippen molar-refractivity contribution in [1.82, 2.24) is 4.72 Å². The van der Waals surface area contributed by atoms with Gasteiger partial charge in [0.05, 0.1) is 5.69 Å². The summed E-state index contributed by atoms with van der Waals surface area (Å²) in [5.74, 6) is 0. The van der Waals surface area contributed by atoms with Gasteiger partial charge in [0, 0.05) is 18.3 Å². The molecule has 1 saturated heterocycles. The average molecular weight is 269 g/mol. The molecular weight excluding hydrogens is 250 g/mol. The number of hydrogen-bond donors (Lipinski definition) is 2. The van der Waals surface area contributed by atoms with Crippen molar-refractivity contribution in [3.63, 3.8) is 0 Å². The highest BCUT2D eigenvalue weighted by molar-refractivity contribution is 7.89. The van der Waals surface area contributed by atoms with Crippen LogP contribution in [0.15, 0.2) is 23.1 Å². The third-order valence-electron chi connectivity index (χ3n) is 3.40. The molecule has 0 amide bonds. The van der Waals surface area contributed by atoms with E-state index in [1.807, 2.05) is 0 Å². The second kappa shape index (κ2) is 4.78. The first-order valence-electron chi connectivity index (χ1n) is 6.05. The Kier molecular flexibility index (Phi) is 3.49. The predicted molar refractivity (Wildman–Crippen MR) is 73.1 cm³/mol. The molecule has 1 unspecified atom stereocenters. The highest BCUT2D eigenvalue weighted by atomic mass is 32.2. The molecule has 6 heteroatoms. The van der Waals surface area contributed by atoms with Crippen LogP contribution in [-0.4, -0.2) is 28.1 Å². The summed E-state index contributed by atoms with van der Waals surface area (Å²) in [7, 11) is -2.07. The molecule has 18 heavy (non-hydrogen) atoms. The predicted octanol–water partition coefficient (Wildman–Crippen LogP) is 1.17. The number of nitrogens with two attached hydrogens (primary N) is 1. The van der Waals surface area contributed by atoms with Crippen LogP contribution in [0.2, 0.25) is 0 Å². The molecule has 3 N–H and O–H groups in total. The molecule has 100 valence electrons. The maximum absolute atomic E-state index is 12.0. The largest absolute Gasteiger partial charge is 0.399 e. The first-order valence-corrected chi connectivity index (χ1v) is 7.54. The number of benzene rings is 1. The third-order valence-corrected chi connectivity index (χ3v) is 4.85. The number of hydrogen-bond acceptors (Lipinski definition) is 4. The van der Waals surface area contributed by atoms with Gasteiger partial charge in [0.15, 0.2) is 0 Å². The first-order chi connectivity index (χ1) is 8.45. The Hall–Kier alpha value is -1.27. The van der Waals surface area contributed by atoms with E-state index in [0.717, 1.165) is 25.1 Å². The second-order valence-electron chi connectivity index (χ2n) is 4.62. The summed E-state index contributed by atoms with van der Waals surface area (Å²) >= 11 is 0. The number of anilines is 2. The van der Waals surface area contributed by atoms with Gasteiger partial charge in [-0.2, -0.15) is 0 Å². The van der Waals surface area contributed by atoms with Crippen LogP contribution in [0.3, 0.4) is 0 Å². The van der Waals surface area contributed by atoms with Crippen molar-refractivity contribution >= 4 is 21.4 Å². The minimum absolute atomic E-state index is 0.263. The van der Waals surface area contributed by atoms with Gasteiger partial charge in [0.2, 0.25) is 10.0 Å². The maximum Gasteiger partial charge on any atom is 0.242 e. The van der Waals surface area contributed by atoms with Crippen LogP contribution < -0.4 is 15.4 Å². The minimum atomic E-state index is -3.48. The molecule has 2 rings (SSSR count). The van der Waals surface area contributed by atoms with Gasteiger partial charge in [-0.3, -0.25) is 0 Å². The number of nitrogens with one attached hydrogen (secondary N) is 1. The highest BCUT2D eigenvalue weighted by Gasteiger charge is 2.26. The quantitative estimate of drug-likeness (QED) is 0.808. The molecular formula is C12H19N3O2S. The minimum Gasteiger partial charge on any atom is -0.399 e. The van der Waals surface area contributed by atoms with Crippen LogP contribution in [0.1, 0.15) is 19.8 Å². The lowest BCUT2D eigenvalue weighted by molar-refractivity contribution is 0.587. The molecule has 1 aromatic rings. The van der Waals surface area contributed by atoms with Crippen molar-refractivity contribution < 1.29 is 8.42 Å². The number of rotatable bonds is 3. The molecule has 1 heterocycles. The van der Waals surface area contributed by atoms with E-state index in [0.29, 0.717) is 11.7 Å². The maximum atomic E-state index is 12.0. The van der Waals surface area contributed by atoms with Crippen molar-refractivity contribution in [3.8, 4) is 0 Å². The normalized spacial score (nSPS) is 20.3. The Labute approximate surface area is 108 Å². The summed E-state index contributed by atoms with van der Waals surface area (Å²) in [5, 5.41) is 0. The smallest absolute Gasteiger partial charge is 0.242 e. The summed E-state index contributed by atoms with van der Waals surface area (Å²) in [5.41, 5.74) is 6.90. The Bertz CT molecular complexity index is 542. The monoisotopic (exact) mass is 269 g/mol. The van der Waals surface area contributed by atoms with E-state index in [1.165, 1.54) is 13.1 Å². The summed E-state index contributed by atoms with van der Waals surface area (Å²) in [6.45, 7) is 3.00. The van der Waals surface area contributed by atoms with E-state index in [9.17, 15) is 8.42 Å². The van der Waals surface area contributed by atoms with Crippen molar-refractivity contribution in [2.24, 2.45) is 0 Å². The van der Waals surface area contributed by atoms with Crippen LogP contribution in [0.4, 0.5) is 11.4 Å². The molecule has 1 aromatic carbocycles. The Morgan fingerprint density at radius 2 is 2.17 bits per heavy atom. The van der Waals surface area contributed by atoms with Gasteiger partial charge in [-0.15, -0.1) is 0 Å². The summed E-state index contributed by atoms with van der Waals surface area (Å²) in [4.78, 5) is 2.39. The van der Waals surface area contributed by atoms with E-state index in [4.69, 9.17) is 5.73 Å². The summed E-state index contributed by atoms with van der Waals surface area (Å²) < 4.78 is 26.4. The van der Waals surface area contributed by atoms with Gasteiger partial charge in [-0.25, -0.2) is 13.1 Å². The molecule has 0 aliphatic carbocycles. The van der Waals surface area contributed by atoms with Crippen LogP contribution in [-0.2, 0) is 10.0 Å². The molecule has 1 aliphatic heterocycles. The molecule has 1 fully saturated rings. The van der Waals surface area contributed by atoms with Gasteiger partial charge in [0.1, 0.15) is 4.90 Å². The van der Waals surface area contributed by atoms with Crippen molar-refractivity contribution in [3.05, 3.63) is 18.2 Å². The number of nitrogen functional groups attached to an aromatic ring is 1. The zero-order valence-electron chi connectivity index (χ0n) is 10.7. The van der Waals surface area contributed by atoms with Crippen LogP contribution >= 0.6 is 0 Å². The van der Waals surface area contributed by atoms with Gasteiger partial charge < -0.3 is 10.6 Å². The Balaban J connectivity index is 2.54. The summed E-state index contributed by atoms with van der Waals surface area (Å²) in [6.07, 6.45) is 2.17.